The van der Waals surface area contributed by atoms with E-state index in [2.05, 4.69) is 22.3 Å². The highest BCUT2D eigenvalue weighted by Gasteiger charge is 2.32. The minimum atomic E-state index is -3.67. The lowest BCUT2D eigenvalue weighted by Gasteiger charge is -2.30. The lowest BCUT2D eigenvalue weighted by atomic mass is 9.97. The van der Waals surface area contributed by atoms with E-state index in [4.69, 9.17) is 0 Å². The first kappa shape index (κ1) is 22.7. The van der Waals surface area contributed by atoms with Gasteiger partial charge >= 0.3 is 0 Å². The Hall–Kier alpha value is -2.45. The van der Waals surface area contributed by atoms with Crippen LogP contribution in [0.25, 0.3) is 0 Å². The largest absolute Gasteiger partial charge is 0.372 e. The summed E-state index contributed by atoms with van der Waals surface area (Å²) < 4.78 is 40.0. The van der Waals surface area contributed by atoms with Crippen molar-refractivity contribution in [1.29, 1.82) is 0 Å². The van der Waals surface area contributed by atoms with Gasteiger partial charge in [0.05, 0.1) is 4.90 Å². The summed E-state index contributed by atoms with van der Waals surface area (Å²) >= 11 is 0. The number of halogens is 1. The van der Waals surface area contributed by atoms with Crippen molar-refractivity contribution < 1.29 is 17.6 Å². The number of hydrogen-bond donors (Lipinski definition) is 1. The van der Waals surface area contributed by atoms with E-state index < -0.39 is 15.8 Å². The zero-order chi connectivity index (χ0) is 22.6. The van der Waals surface area contributed by atoms with Crippen molar-refractivity contribution in [2.45, 2.75) is 43.4 Å². The number of piperidine rings is 1. The van der Waals surface area contributed by atoms with Crippen LogP contribution in [0.5, 0.6) is 0 Å². The standard InChI is InChI=1S/C24H30FN3O3S/c25-20-5-11-23(12-6-20)32(30,31)28-17-13-19(14-18-28)24(29)26-21-7-9-22(10-8-21)27-15-3-1-2-4-16-27/h5-12,19H,1-4,13-18H2,(H,26,29). The van der Waals surface area contributed by atoms with Gasteiger partial charge in [0.15, 0.2) is 0 Å². The molecule has 2 aromatic rings. The third kappa shape index (κ3) is 5.30. The Morgan fingerprint density at radius 1 is 0.844 bits per heavy atom. The van der Waals surface area contributed by atoms with E-state index in [1.54, 1.807) is 0 Å². The van der Waals surface area contributed by atoms with Crippen LogP contribution < -0.4 is 10.2 Å². The van der Waals surface area contributed by atoms with E-state index >= 15 is 0 Å². The van der Waals surface area contributed by atoms with Gasteiger partial charge in [-0.05, 0) is 74.2 Å². The molecule has 8 heteroatoms. The summed E-state index contributed by atoms with van der Waals surface area (Å²) in [6.07, 6.45) is 5.92. The number of benzene rings is 2. The predicted octanol–water partition coefficient (Wildman–Crippen LogP) is 4.25. The van der Waals surface area contributed by atoms with Gasteiger partial charge in [0.2, 0.25) is 15.9 Å². The Balaban J connectivity index is 1.31. The molecule has 0 spiro atoms. The highest BCUT2D eigenvalue weighted by Crippen LogP contribution is 2.26. The van der Waals surface area contributed by atoms with Gasteiger partial charge in [-0.25, -0.2) is 12.8 Å². The van der Waals surface area contributed by atoms with Crippen molar-refractivity contribution in [3.63, 3.8) is 0 Å². The second kappa shape index (κ2) is 10.0. The maximum absolute atomic E-state index is 13.1. The molecule has 0 radical (unpaired) electrons. The van der Waals surface area contributed by atoms with Crippen LogP contribution in [0, 0.1) is 11.7 Å². The molecule has 6 nitrogen and oxygen atoms in total. The Bertz CT molecular complexity index is 1010. The molecular weight excluding hydrogens is 429 g/mol. The van der Waals surface area contributed by atoms with Gasteiger partial charge in [0.25, 0.3) is 0 Å². The molecular formula is C24H30FN3O3S. The van der Waals surface area contributed by atoms with Crippen LogP contribution in [0.2, 0.25) is 0 Å². The molecule has 2 aliphatic rings. The first-order valence-electron chi connectivity index (χ1n) is 11.3. The molecule has 0 bridgehead atoms. The molecule has 172 valence electrons. The van der Waals surface area contributed by atoms with Gasteiger partial charge in [-0.3, -0.25) is 4.79 Å². The molecule has 0 atom stereocenters. The second-order valence-corrected chi connectivity index (χ2v) is 10.5. The van der Waals surface area contributed by atoms with Gasteiger partial charge in [-0.2, -0.15) is 4.31 Å². The highest BCUT2D eigenvalue weighted by atomic mass is 32.2. The topological polar surface area (TPSA) is 69.7 Å². The smallest absolute Gasteiger partial charge is 0.243 e. The fourth-order valence-electron chi connectivity index (χ4n) is 4.44. The number of carbonyl (C=O) groups is 1. The van der Waals surface area contributed by atoms with Gasteiger partial charge in [-0.1, -0.05) is 12.8 Å². The van der Waals surface area contributed by atoms with E-state index in [9.17, 15) is 17.6 Å². The number of nitrogens with zero attached hydrogens (tertiary/aromatic N) is 2. The maximum Gasteiger partial charge on any atom is 0.243 e. The van der Waals surface area contributed by atoms with Crippen molar-refractivity contribution in [1.82, 2.24) is 4.31 Å². The molecule has 0 unspecified atom stereocenters. The molecule has 2 saturated heterocycles. The fourth-order valence-corrected chi connectivity index (χ4v) is 5.91. The number of anilines is 2. The molecule has 1 N–H and O–H groups in total. The summed E-state index contributed by atoms with van der Waals surface area (Å²) in [4.78, 5) is 15.2. The number of carbonyl (C=O) groups excluding carboxylic acids is 1. The Labute approximate surface area is 189 Å². The monoisotopic (exact) mass is 459 g/mol. The normalized spacial score (nSPS) is 18.8. The van der Waals surface area contributed by atoms with Crippen molar-refractivity contribution in [2.24, 2.45) is 5.92 Å². The van der Waals surface area contributed by atoms with Crippen molar-refractivity contribution in [3.05, 3.63) is 54.3 Å². The average Bonchev–Trinajstić information content (AvgIpc) is 3.10. The Morgan fingerprint density at radius 3 is 2.03 bits per heavy atom. The van der Waals surface area contributed by atoms with Gasteiger partial charge in [0, 0.05) is 43.5 Å². The maximum atomic E-state index is 13.1. The quantitative estimate of drug-likeness (QED) is 0.726. The predicted molar refractivity (Wildman–Crippen MR) is 124 cm³/mol. The third-order valence-corrected chi connectivity index (χ3v) is 8.30. The van der Waals surface area contributed by atoms with E-state index in [1.807, 2.05) is 12.1 Å². The zero-order valence-corrected chi connectivity index (χ0v) is 19.0. The third-order valence-electron chi connectivity index (χ3n) is 6.38. The summed E-state index contributed by atoms with van der Waals surface area (Å²) in [5.41, 5.74) is 1.94. The van der Waals surface area contributed by atoms with Crippen molar-refractivity contribution >= 4 is 27.3 Å². The summed E-state index contributed by atoms with van der Waals surface area (Å²) in [5.74, 6) is -0.787. The molecule has 2 fully saturated rings. The highest BCUT2D eigenvalue weighted by molar-refractivity contribution is 7.89. The lowest BCUT2D eigenvalue weighted by Crippen LogP contribution is -2.41. The van der Waals surface area contributed by atoms with Crippen molar-refractivity contribution in [3.8, 4) is 0 Å². The molecule has 2 aliphatic heterocycles. The van der Waals surface area contributed by atoms with Crippen LogP contribution in [0.4, 0.5) is 15.8 Å². The van der Waals surface area contributed by atoms with Crippen LogP contribution in [0.15, 0.2) is 53.4 Å². The van der Waals surface area contributed by atoms with Gasteiger partial charge < -0.3 is 10.2 Å². The lowest BCUT2D eigenvalue weighted by molar-refractivity contribution is -0.120. The molecule has 0 aliphatic carbocycles. The van der Waals surface area contributed by atoms with Gasteiger partial charge in [0.1, 0.15) is 5.82 Å². The second-order valence-electron chi connectivity index (χ2n) is 8.57. The summed E-state index contributed by atoms with van der Waals surface area (Å²) in [6.45, 7) is 2.69. The minimum Gasteiger partial charge on any atom is -0.372 e. The average molecular weight is 460 g/mol. The summed E-state index contributed by atoms with van der Waals surface area (Å²) in [7, 11) is -3.67. The van der Waals surface area contributed by atoms with E-state index in [-0.39, 0.29) is 29.8 Å². The minimum absolute atomic E-state index is 0.0753. The first-order chi connectivity index (χ1) is 15.4. The number of rotatable bonds is 5. The molecule has 0 saturated carbocycles. The van der Waals surface area contributed by atoms with Crippen LogP contribution >= 0.6 is 0 Å². The molecule has 4 rings (SSSR count). The SMILES string of the molecule is O=C(Nc1ccc(N2CCCCCC2)cc1)C1CCN(S(=O)(=O)c2ccc(F)cc2)CC1. The number of amides is 1. The molecule has 0 aromatic heterocycles. The molecule has 2 heterocycles. The van der Waals surface area contributed by atoms with Crippen LogP contribution in [-0.2, 0) is 14.8 Å². The fraction of sp³-hybridized carbons (Fsp3) is 0.458. The Kier molecular flexibility index (Phi) is 7.10. The van der Waals surface area contributed by atoms with Crippen molar-refractivity contribution in [2.75, 3.05) is 36.4 Å². The van der Waals surface area contributed by atoms with Crippen LogP contribution in [-0.4, -0.2) is 44.8 Å². The molecule has 2 aromatic carbocycles. The Morgan fingerprint density at radius 2 is 1.44 bits per heavy atom. The van der Waals surface area contributed by atoms with Crippen LogP contribution in [0.3, 0.4) is 0 Å². The van der Waals surface area contributed by atoms with E-state index in [0.29, 0.717) is 12.8 Å². The number of hydrogen-bond acceptors (Lipinski definition) is 4. The van der Waals surface area contributed by atoms with E-state index in [1.165, 1.54) is 47.8 Å². The van der Waals surface area contributed by atoms with E-state index in [0.717, 1.165) is 30.9 Å². The number of nitrogens with one attached hydrogen (secondary N) is 1. The zero-order valence-electron chi connectivity index (χ0n) is 18.2. The summed E-state index contributed by atoms with van der Waals surface area (Å²) in [5, 5.41) is 2.98. The molecule has 1 amide bonds. The van der Waals surface area contributed by atoms with Crippen LogP contribution in [0.1, 0.15) is 38.5 Å². The van der Waals surface area contributed by atoms with Gasteiger partial charge in [-0.15, -0.1) is 0 Å². The molecule has 32 heavy (non-hydrogen) atoms. The number of sulfonamides is 1. The summed E-state index contributed by atoms with van der Waals surface area (Å²) in [6, 6.07) is 12.8. The first-order valence-corrected chi connectivity index (χ1v) is 12.8.